The molecule has 0 bridgehead atoms. The molecule has 1 atom stereocenters. The minimum absolute atomic E-state index is 0.303. The Morgan fingerprint density at radius 1 is 1.22 bits per heavy atom. The average molecular weight is 312 g/mol. The molecule has 118 valence electrons. The minimum atomic E-state index is -1.06. The van der Waals surface area contributed by atoms with Gasteiger partial charge >= 0.3 is 5.97 Å². The van der Waals surface area contributed by atoms with E-state index in [4.69, 9.17) is 9.84 Å². The first-order valence-electron chi connectivity index (χ1n) is 7.12. The molecule has 0 radical (unpaired) electrons. The van der Waals surface area contributed by atoms with Gasteiger partial charge in [-0.2, -0.15) is 0 Å². The van der Waals surface area contributed by atoms with Crippen molar-refractivity contribution in [3.8, 4) is 5.75 Å². The van der Waals surface area contributed by atoms with Crippen LogP contribution in [-0.2, 0) is 4.79 Å². The highest BCUT2D eigenvalue weighted by atomic mass is 16.5. The highest BCUT2D eigenvalue weighted by Crippen LogP contribution is 2.33. The van der Waals surface area contributed by atoms with E-state index < -0.39 is 12.1 Å². The van der Waals surface area contributed by atoms with Crippen LogP contribution in [0, 0.1) is 0 Å². The summed E-state index contributed by atoms with van der Waals surface area (Å²) in [6.45, 7) is -0.378. The Bertz CT molecular complexity index is 743. The first-order valence-corrected chi connectivity index (χ1v) is 7.12. The summed E-state index contributed by atoms with van der Waals surface area (Å²) in [5.74, 6) is -0.665. The smallest absolute Gasteiger partial charge is 0.323 e. The second-order valence-corrected chi connectivity index (χ2v) is 5.19. The highest BCUT2D eigenvalue weighted by Gasteiger charge is 2.33. The predicted octanol–water partition coefficient (Wildman–Crippen LogP) is 2.35. The summed E-state index contributed by atoms with van der Waals surface area (Å²) in [5, 5.41) is 12.4. The molecular weight excluding hydrogens is 296 g/mol. The van der Waals surface area contributed by atoms with Crippen LogP contribution in [0.1, 0.15) is 22.1 Å². The van der Waals surface area contributed by atoms with E-state index in [0.29, 0.717) is 17.0 Å². The molecule has 23 heavy (non-hydrogen) atoms. The van der Waals surface area contributed by atoms with E-state index in [0.717, 1.165) is 5.56 Å². The number of methoxy groups -OCH3 is 1. The van der Waals surface area contributed by atoms with Crippen LogP contribution in [0.5, 0.6) is 5.75 Å². The summed E-state index contributed by atoms with van der Waals surface area (Å²) in [4.78, 5) is 25.1. The van der Waals surface area contributed by atoms with Crippen LogP contribution < -0.4 is 10.1 Å². The number of ether oxygens (including phenoxy) is 1. The molecule has 0 spiro atoms. The number of nitrogens with one attached hydrogen (secondary N) is 1. The Hall–Kier alpha value is -3.02. The third-order valence-corrected chi connectivity index (χ3v) is 3.76. The van der Waals surface area contributed by atoms with Gasteiger partial charge in [0.1, 0.15) is 18.5 Å². The lowest BCUT2D eigenvalue weighted by atomic mass is 10.0. The molecule has 0 aromatic heterocycles. The number of carboxylic acids is 1. The van der Waals surface area contributed by atoms with E-state index >= 15 is 0 Å². The third-order valence-electron chi connectivity index (χ3n) is 3.76. The van der Waals surface area contributed by atoms with Gasteiger partial charge in [0, 0.05) is 5.69 Å². The Morgan fingerprint density at radius 3 is 2.57 bits per heavy atom. The predicted molar refractivity (Wildman–Crippen MR) is 84.5 cm³/mol. The van der Waals surface area contributed by atoms with Crippen molar-refractivity contribution < 1.29 is 19.4 Å². The molecule has 1 unspecified atom stereocenters. The van der Waals surface area contributed by atoms with Gasteiger partial charge in [0.05, 0.1) is 12.7 Å². The van der Waals surface area contributed by atoms with E-state index in [-0.39, 0.29) is 12.5 Å². The van der Waals surface area contributed by atoms with Crippen molar-refractivity contribution in [2.24, 2.45) is 0 Å². The number of carboxylic acid groups (broad SMARTS) is 1. The fourth-order valence-electron chi connectivity index (χ4n) is 2.65. The Balaban J connectivity index is 2.01. The van der Waals surface area contributed by atoms with Crippen molar-refractivity contribution in [2.45, 2.75) is 6.17 Å². The quantitative estimate of drug-likeness (QED) is 0.906. The highest BCUT2D eigenvalue weighted by molar-refractivity contribution is 6.02. The number of benzene rings is 2. The topological polar surface area (TPSA) is 78.9 Å². The second-order valence-electron chi connectivity index (χ2n) is 5.19. The minimum Gasteiger partial charge on any atom is -0.497 e. The summed E-state index contributed by atoms with van der Waals surface area (Å²) < 4.78 is 5.13. The molecular formula is C17H16N2O4. The number of carbonyl (C=O) groups excluding carboxylic acids is 1. The van der Waals surface area contributed by atoms with Gasteiger partial charge in [-0.3, -0.25) is 9.59 Å². The first-order chi connectivity index (χ1) is 11.1. The molecule has 3 rings (SSSR count). The van der Waals surface area contributed by atoms with Gasteiger partial charge in [0.15, 0.2) is 0 Å². The Kier molecular flexibility index (Phi) is 3.89. The van der Waals surface area contributed by atoms with Crippen molar-refractivity contribution in [2.75, 3.05) is 19.0 Å². The maximum absolute atomic E-state index is 12.7. The molecule has 2 aromatic carbocycles. The summed E-state index contributed by atoms with van der Waals surface area (Å²) in [6, 6.07) is 14.3. The van der Waals surface area contributed by atoms with Crippen molar-refractivity contribution in [3.63, 3.8) is 0 Å². The number of hydrogen-bond acceptors (Lipinski definition) is 4. The molecule has 2 aromatic rings. The van der Waals surface area contributed by atoms with Gasteiger partial charge in [-0.15, -0.1) is 0 Å². The molecule has 6 heteroatoms. The van der Waals surface area contributed by atoms with E-state index in [1.165, 1.54) is 4.90 Å². The van der Waals surface area contributed by atoms with Gasteiger partial charge in [0.25, 0.3) is 5.91 Å². The number of fused-ring (bicyclic) bond motifs is 1. The molecule has 1 heterocycles. The maximum atomic E-state index is 12.7. The Morgan fingerprint density at radius 2 is 1.91 bits per heavy atom. The zero-order chi connectivity index (χ0) is 16.4. The zero-order valence-electron chi connectivity index (χ0n) is 12.5. The number of carbonyl (C=O) groups is 2. The van der Waals surface area contributed by atoms with E-state index in [1.807, 2.05) is 24.3 Å². The molecule has 0 fully saturated rings. The summed E-state index contributed by atoms with van der Waals surface area (Å²) >= 11 is 0. The SMILES string of the molecule is COc1ccc(C2Nc3ccccc3C(=O)N2CC(=O)O)cc1. The van der Waals surface area contributed by atoms with Crippen LogP contribution in [0.25, 0.3) is 0 Å². The van der Waals surface area contributed by atoms with Crippen molar-refractivity contribution in [1.29, 1.82) is 0 Å². The summed E-state index contributed by atoms with van der Waals surface area (Å²) in [5.41, 5.74) is 1.95. The number of rotatable bonds is 4. The van der Waals surface area contributed by atoms with Crippen LogP contribution in [0.4, 0.5) is 5.69 Å². The van der Waals surface area contributed by atoms with Crippen LogP contribution in [0.3, 0.4) is 0 Å². The first kappa shape index (κ1) is 14.9. The number of amides is 1. The van der Waals surface area contributed by atoms with Crippen LogP contribution in [0.2, 0.25) is 0 Å². The van der Waals surface area contributed by atoms with Gasteiger partial charge in [-0.05, 0) is 29.8 Å². The van der Waals surface area contributed by atoms with Crippen molar-refractivity contribution in [3.05, 3.63) is 59.7 Å². The lowest BCUT2D eigenvalue weighted by Crippen LogP contribution is -2.45. The summed E-state index contributed by atoms with van der Waals surface area (Å²) in [6.07, 6.45) is -0.542. The van der Waals surface area contributed by atoms with Gasteiger partial charge < -0.3 is 20.1 Å². The second kappa shape index (κ2) is 6.00. The zero-order valence-corrected chi connectivity index (χ0v) is 12.5. The van der Waals surface area contributed by atoms with E-state index in [1.54, 1.807) is 31.4 Å². The number of para-hydroxylation sites is 1. The molecule has 1 aliphatic rings. The third kappa shape index (κ3) is 2.83. The average Bonchev–Trinajstić information content (AvgIpc) is 2.57. The summed E-state index contributed by atoms with van der Waals surface area (Å²) in [7, 11) is 1.57. The number of hydrogen-bond donors (Lipinski definition) is 2. The largest absolute Gasteiger partial charge is 0.497 e. The van der Waals surface area contributed by atoms with E-state index in [2.05, 4.69) is 5.32 Å². The van der Waals surface area contributed by atoms with Gasteiger partial charge in [0.2, 0.25) is 0 Å². The molecule has 0 saturated carbocycles. The molecule has 2 N–H and O–H groups in total. The fraction of sp³-hybridized carbons (Fsp3) is 0.176. The van der Waals surface area contributed by atoms with Crippen molar-refractivity contribution >= 4 is 17.6 Å². The van der Waals surface area contributed by atoms with Gasteiger partial charge in [-0.1, -0.05) is 24.3 Å². The van der Waals surface area contributed by atoms with Crippen LogP contribution in [0.15, 0.2) is 48.5 Å². The fourth-order valence-corrected chi connectivity index (χ4v) is 2.65. The number of anilines is 1. The van der Waals surface area contributed by atoms with Gasteiger partial charge in [-0.25, -0.2) is 0 Å². The number of nitrogens with zero attached hydrogens (tertiary/aromatic N) is 1. The van der Waals surface area contributed by atoms with Crippen LogP contribution >= 0.6 is 0 Å². The molecule has 0 aliphatic carbocycles. The monoisotopic (exact) mass is 312 g/mol. The number of aliphatic carboxylic acids is 1. The molecule has 1 aliphatic heterocycles. The van der Waals surface area contributed by atoms with Crippen molar-refractivity contribution in [1.82, 2.24) is 4.90 Å². The Labute approximate surface area is 133 Å². The van der Waals surface area contributed by atoms with E-state index in [9.17, 15) is 9.59 Å². The lowest BCUT2D eigenvalue weighted by Gasteiger charge is -2.37. The van der Waals surface area contributed by atoms with Crippen LogP contribution in [-0.4, -0.2) is 35.5 Å². The lowest BCUT2D eigenvalue weighted by molar-refractivity contribution is -0.138. The molecule has 0 saturated heterocycles. The standard InChI is InChI=1S/C17H16N2O4/c1-23-12-8-6-11(7-9-12)16-18-14-5-3-2-4-13(14)17(22)19(16)10-15(20)21/h2-9,16,18H,10H2,1H3,(H,20,21). The molecule has 6 nitrogen and oxygen atoms in total. The normalized spacial score (nSPS) is 16.5. The molecule has 1 amide bonds. The maximum Gasteiger partial charge on any atom is 0.323 e.